The lowest BCUT2D eigenvalue weighted by Gasteiger charge is -2.06. The highest BCUT2D eigenvalue weighted by Gasteiger charge is 2.18. The molecule has 2 rings (SSSR count). The third kappa shape index (κ3) is 3.19. The summed E-state index contributed by atoms with van der Waals surface area (Å²) in [7, 11) is 1.59. The molecule has 2 N–H and O–H groups in total. The van der Waals surface area contributed by atoms with E-state index in [-0.39, 0.29) is 11.8 Å². The topological polar surface area (TPSA) is 71.3 Å². The lowest BCUT2D eigenvalue weighted by Crippen LogP contribution is -2.24. The van der Waals surface area contributed by atoms with E-state index >= 15 is 0 Å². The van der Waals surface area contributed by atoms with Crippen LogP contribution in [0.5, 0.6) is 0 Å². The monoisotopic (exact) mass is 300 g/mol. The molecule has 0 saturated carbocycles. The molecule has 0 radical (unpaired) electrons. The summed E-state index contributed by atoms with van der Waals surface area (Å²) in [6, 6.07) is 7.12. The van der Waals surface area contributed by atoms with E-state index < -0.39 is 0 Å². The Bertz CT molecular complexity index is 699. The van der Waals surface area contributed by atoms with Gasteiger partial charge in [0, 0.05) is 24.7 Å². The Labute approximate surface area is 129 Å². The summed E-state index contributed by atoms with van der Waals surface area (Å²) in [4.78, 5) is 23.7. The minimum Gasteiger partial charge on any atom is -0.466 e. The van der Waals surface area contributed by atoms with Crippen LogP contribution < -0.4 is 10.6 Å². The summed E-state index contributed by atoms with van der Waals surface area (Å²) < 4.78 is 5.47. The standard InChI is InChI=1S/C17H20N2O3/c1-10-11(2)22-12(3)15(10)17(21)19-9-13-5-7-14(8-6-13)16(20)18-4/h5-8H,9H2,1-4H3,(H,18,20)(H,19,21). The number of benzene rings is 1. The zero-order valence-corrected chi connectivity index (χ0v) is 13.2. The number of carbonyl (C=O) groups is 2. The van der Waals surface area contributed by atoms with Crippen molar-refractivity contribution in [3.05, 3.63) is 58.0 Å². The van der Waals surface area contributed by atoms with Gasteiger partial charge in [-0.25, -0.2) is 0 Å². The van der Waals surface area contributed by atoms with E-state index in [2.05, 4.69) is 10.6 Å². The van der Waals surface area contributed by atoms with Crippen molar-refractivity contribution in [3.63, 3.8) is 0 Å². The molecule has 22 heavy (non-hydrogen) atoms. The quantitative estimate of drug-likeness (QED) is 0.911. The summed E-state index contributed by atoms with van der Waals surface area (Å²) in [5.74, 6) is 1.11. The molecule has 0 spiro atoms. The molecule has 0 fully saturated rings. The van der Waals surface area contributed by atoms with Gasteiger partial charge >= 0.3 is 0 Å². The van der Waals surface area contributed by atoms with E-state index in [9.17, 15) is 9.59 Å². The van der Waals surface area contributed by atoms with Crippen molar-refractivity contribution >= 4 is 11.8 Å². The van der Waals surface area contributed by atoms with Crippen LogP contribution in [-0.4, -0.2) is 18.9 Å². The minimum absolute atomic E-state index is 0.129. The smallest absolute Gasteiger partial charge is 0.255 e. The normalized spacial score (nSPS) is 10.4. The Kier molecular flexibility index (Phi) is 4.65. The zero-order valence-electron chi connectivity index (χ0n) is 13.2. The second-order valence-corrected chi connectivity index (χ2v) is 5.17. The average molecular weight is 300 g/mol. The summed E-state index contributed by atoms with van der Waals surface area (Å²) in [6.07, 6.45) is 0. The van der Waals surface area contributed by atoms with Gasteiger partial charge in [0.25, 0.3) is 11.8 Å². The summed E-state index contributed by atoms with van der Waals surface area (Å²) in [5.41, 5.74) is 2.98. The Hall–Kier alpha value is -2.56. The van der Waals surface area contributed by atoms with Crippen LogP contribution in [0, 0.1) is 20.8 Å². The Morgan fingerprint density at radius 3 is 2.14 bits per heavy atom. The molecule has 0 bridgehead atoms. The number of furan rings is 1. The molecule has 0 saturated heterocycles. The van der Waals surface area contributed by atoms with Gasteiger partial charge in [-0.1, -0.05) is 12.1 Å². The number of hydrogen-bond donors (Lipinski definition) is 2. The summed E-state index contributed by atoms with van der Waals surface area (Å²) in [5, 5.41) is 5.44. The highest BCUT2D eigenvalue weighted by atomic mass is 16.3. The number of nitrogens with one attached hydrogen (secondary N) is 2. The van der Waals surface area contributed by atoms with Crippen molar-refractivity contribution in [3.8, 4) is 0 Å². The fraction of sp³-hybridized carbons (Fsp3) is 0.294. The van der Waals surface area contributed by atoms with Gasteiger partial charge in [0.2, 0.25) is 0 Å². The number of rotatable bonds is 4. The lowest BCUT2D eigenvalue weighted by atomic mass is 10.1. The van der Waals surface area contributed by atoms with E-state index in [0.717, 1.165) is 16.9 Å². The number of aryl methyl sites for hydroxylation is 2. The molecule has 5 heteroatoms. The van der Waals surface area contributed by atoms with E-state index in [1.807, 2.05) is 26.0 Å². The third-order valence-corrected chi connectivity index (χ3v) is 3.68. The van der Waals surface area contributed by atoms with Crippen molar-refractivity contribution in [2.45, 2.75) is 27.3 Å². The van der Waals surface area contributed by atoms with E-state index in [1.165, 1.54) is 0 Å². The molecular weight excluding hydrogens is 280 g/mol. The van der Waals surface area contributed by atoms with Crippen LogP contribution in [0.25, 0.3) is 0 Å². The first-order valence-electron chi connectivity index (χ1n) is 7.09. The molecule has 0 unspecified atom stereocenters. The lowest BCUT2D eigenvalue weighted by molar-refractivity contribution is 0.0944. The predicted molar refractivity (Wildman–Crippen MR) is 83.9 cm³/mol. The van der Waals surface area contributed by atoms with Crippen LogP contribution in [0.4, 0.5) is 0 Å². The molecule has 2 amide bonds. The first-order chi connectivity index (χ1) is 10.4. The predicted octanol–water partition coefficient (Wildman–Crippen LogP) is 2.49. The van der Waals surface area contributed by atoms with E-state index in [1.54, 1.807) is 26.1 Å². The molecular formula is C17H20N2O3. The first-order valence-corrected chi connectivity index (χ1v) is 7.09. The van der Waals surface area contributed by atoms with Gasteiger partial charge in [0.05, 0.1) is 5.56 Å². The Balaban J connectivity index is 2.03. The molecule has 5 nitrogen and oxygen atoms in total. The van der Waals surface area contributed by atoms with E-state index in [0.29, 0.717) is 23.4 Å². The third-order valence-electron chi connectivity index (χ3n) is 3.68. The van der Waals surface area contributed by atoms with Crippen molar-refractivity contribution in [2.24, 2.45) is 0 Å². The summed E-state index contributed by atoms with van der Waals surface area (Å²) >= 11 is 0. The number of hydrogen-bond acceptors (Lipinski definition) is 3. The molecule has 116 valence electrons. The van der Waals surface area contributed by atoms with Crippen LogP contribution in [0.15, 0.2) is 28.7 Å². The van der Waals surface area contributed by atoms with Crippen molar-refractivity contribution in [1.82, 2.24) is 10.6 Å². The fourth-order valence-electron chi connectivity index (χ4n) is 2.32. The molecule has 1 heterocycles. The minimum atomic E-state index is -0.151. The van der Waals surface area contributed by atoms with Gasteiger partial charge in [-0.2, -0.15) is 0 Å². The van der Waals surface area contributed by atoms with Crippen LogP contribution >= 0.6 is 0 Å². The van der Waals surface area contributed by atoms with Gasteiger partial charge in [-0.15, -0.1) is 0 Å². The van der Waals surface area contributed by atoms with Crippen LogP contribution in [0.1, 0.15) is 43.4 Å². The van der Waals surface area contributed by atoms with Crippen LogP contribution in [-0.2, 0) is 6.54 Å². The molecule has 0 aliphatic carbocycles. The summed E-state index contributed by atoms with van der Waals surface area (Å²) in [6.45, 7) is 5.90. The average Bonchev–Trinajstić information content (AvgIpc) is 2.77. The van der Waals surface area contributed by atoms with Gasteiger partial charge in [0.1, 0.15) is 11.5 Å². The number of amides is 2. The maximum Gasteiger partial charge on any atom is 0.255 e. The Morgan fingerprint density at radius 2 is 1.64 bits per heavy atom. The highest BCUT2D eigenvalue weighted by molar-refractivity contribution is 5.97. The van der Waals surface area contributed by atoms with Gasteiger partial charge < -0.3 is 15.1 Å². The maximum absolute atomic E-state index is 12.3. The Morgan fingerprint density at radius 1 is 1.00 bits per heavy atom. The van der Waals surface area contributed by atoms with Gasteiger partial charge in [0.15, 0.2) is 0 Å². The molecule has 1 aromatic heterocycles. The van der Waals surface area contributed by atoms with Crippen LogP contribution in [0.2, 0.25) is 0 Å². The molecule has 2 aromatic rings. The van der Waals surface area contributed by atoms with Crippen molar-refractivity contribution < 1.29 is 14.0 Å². The second-order valence-electron chi connectivity index (χ2n) is 5.17. The van der Waals surface area contributed by atoms with Gasteiger partial charge in [-0.05, 0) is 38.5 Å². The first kappa shape index (κ1) is 15.8. The number of carbonyl (C=O) groups excluding carboxylic acids is 2. The van der Waals surface area contributed by atoms with Crippen molar-refractivity contribution in [2.75, 3.05) is 7.05 Å². The second kappa shape index (κ2) is 6.47. The SMILES string of the molecule is CNC(=O)c1ccc(CNC(=O)c2c(C)oc(C)c2C)cc1. The van der Waals surface area contributed by atoms with E-state index in [4.69, 9.17) is 4.42 Å². The largest absolute Gasteiger partial charge is 0.466 e. The van der Waals surface area contributed by atoms with Gasteiger partial charge in [-0.3, -0.25) is 9.59 Å². The maximum atomic E-state index is 12.3. The highest BCUT2D eigenvalue weighted by Crippen LogP contribution is 2.20. The molecule has 0 aliphatic heterocycles. The van der Waals surface area contributed by atoms with Crippen LogP contribution in [0.3, 0.4) is 0 Å². The molecule has 0 atom stereocenters. The molecule has 0 aliphatic rings. The molecule has 1 aromatic carbocycles. The zero-order chi connectivity index (χ0) is 16.3. The fourth-order valence-corrected chi connectivity index (χ4v) is 2.32. The van der Waals surface area contributed by atoms with Crippen molar-refractivity contribution in [1.29, 1.82) is 0 Å².